The molecule has 2 amide bonds. The largest absolute Gasteiger partial charge is 0.399 e. The highest BCUT2D eigenvalue weighted by molar-refractivity contribution is 7.85. The quantitative estimate of drug-likeness (QED) is 0.0927. The van der Waals surface area contributed by atoms with Gasteiger partial charge >= 0.3 is 0 Å². The van der Waals surface area contributed by atoms with Crippen LogP contribution in [-0.4, -0.2) is 88.6 Å². The van der Waals surface area contributed by atoms with Crippen LogP contribution in [0.4, 0.5) is 5.69 Å². The van der Waals surface area contributed by atoms with Gasteiger partial charge in [-0.3, -0.25) is 19.1 Å². The maximum absolute atomic E-state index is 14.1. The molecule has 6 N–H and O–H groups in total. The lowest BCUT2D eigenvalue weighted by Crippen LogP contribution is -2.62. The first-order valence-corrected chi connectivity index (χ1v) is 23.3. The minimum absolute atomic E-state index is 0.00936. The molecule has 5 unspecified atom stereocenters. The molecule has 322 valence electrons. The number of benzene rings is 2. The molecule has 12 nitrogen and oxygen atoms in total. The molecular weight excluding hydrogens is 769 g/mol. The predicted molar refractivity (Wildman–Crippen MR) is 228 cm³/mol. The van der Waals surface area contributed by atoms with Crippen molar-refractivity contribution < 1.29 is 37.5 Å². The van der Waals surface area contributed by atoms with Crippen molar-refractivity contribution in [2.24, 2.45) is 46.3 Å². The minimum atomic E-state index is -4.14. The minimum Gasteiger partial charge on any atom is -0.399 e. The number of para-hydroxylation sites is 1. The molecule has 1 heterocycles. The Hall–Kier alpha value is -3.62. The van der Waals surface area contributed by atoms with Gasteiger partial charge in [-0.25, -0.2) is 0 Å². The van der Waals surface area contributed by atoms with Gasteiger partial charge in [-0.1, -0.05) is 45.0 Å². The van der Waals surface area contributed by atoms with Gasteiger partial charge < -0.3 is 30.9 Å². The van der Waals surface area contributed by atoms with Crippen molar-refractivity contribution in [1.29, 1.82) is 0 Å². The zero-order valence-corrected chi connectivity index (χ0v) is 35.9. The van der Waals surface area contributed by atoms with Gasteiger partial charge in [-0.15, -0.1) is 0 Å². The predicted octanol–water partition coefficient (Wildman–Crippen LogP) is 6.17. The number of aliphatic hydroxyl groups is 2. The second-order valence-corrected chi connectivity index (χ2v) is 20.4. The van der Waals surface area contributed by atoms with Crippen LogP contribution in [0, 0.1) is 53.3 Å². The van der Waals surface area contributed by atoms with E-state index in [0.29, 0.717) is 50.2 Å². The Morgan fingerprint density at radius 1 is 1.05 bits per heavy atom. The number of aromatic nitrogens is 1. The van der Waals surface area contributed by atoms with E-state index < -0.39 is 28.1 Å². The third-order valence-electron chi connectivity index (χ3n) is 15.6. The van der Waals surface area contributed by atoms with Gasteiger partial charge in [0.05, 0.1) is 41.8 Å². The number of pyridine rings is 1. The molecule has 4 fully saturated rings. The number of anilines is 1. The van der Waals surface area contributed by atoms with Crippen LogP contribution in [0.2, 0.25) is 0 Å². The third kappa shape index (κ3) is 9.05. The van der Waals surface area contributed by atoms with E-state index in [1.54, 1.807) is 6.20 Å². The van der Waals surface area contributed by atoms with Gasteiger partial charge in [0, 0.05) is 43.3 Å². The van der Waals surface area contributed by atoms with Crippen LogP contribution >= 0.6 is 0 Å². The summed E-state index contributed by atoms with van der Waals surface area (Å²) in [5.41, 5.74) is 9.74. The summed E-state index contributed by atoms with van der Waals surface area (Å²) < 4.78 is 37.7. The van der Waals surface area contributed by atoms with E-state index in [4.69, 9.17) is 15.0 Å². The lowest BCUT2D eigenvalue weighted by molar-refractivity contribution is -0.209. The maximum atomic E-state index is 14.1. The van der Waals surface area contributed by atoms with E-state index in [1.165, 1.54) is 0 Å². The Bertz CT molecular complexity index is 2120. The topological polar surface area (TPSA) is 192 Å². The third-order valence-corrected chi connectivity index (χ3v) is 16.3. The fourth-order valence-electron chi connectivity index (χ4n) is 12.3. The number of hydrogen-bond acceptors (Lipinski definition) is 9. The average Bonchev–Trinajstić information content (AvgIpc) is 3.55. The number of hydrogen-bond donors (Lipinski definition) is 5. The summed E-state index contributed by atoms with van der Waals surface area (Å²) >= 11 is 0. The monoisotopic (exact) mass is 832 g/mol. The molecule has 7 rings (SSSR count). The SMILES string of the molecule is Cc1cc(N)ccc1CN(CCO[C@H]1CC[C@@]2(C)C(C1)C[C@@H](O)C1C2C[C@H](O)[C@@]2(C)C1CC[C@@H]2C(C)CCC(=O)NCCS(=O)(=O)O)C(=O)c1cnc2ccccc2c1. The molecule has 4 saturated carbocycles. The molecule has 0 bridgehead atoms. The van der Waals surface area contributed by atoms with Crippen LogP contribution in [0.3, 0.4) is 0 Å². The number of fused-ring (bicyclic) bond motifs is 6. The number of nitrogens with two attached hydrogens (primary N) is 1. The number of aryl methyl sites for hydroxylation is 1. The number of rotatable bonds is 14. The van der Waals surface area contributed by atoms with Crippen LogP contribution in [-0.2, 0) is 26.2 Å². The van der Waals surface area contributed by atoms with Crippen molar-refractivity contribution in [1.82, 2.24) is 15.2 Å². The summed E-state index contributed by atoms with van der Waals surface area (Å²) in [7, 11) is -4.14. The van der Waals surface area contributed by atoms with Crippen molar-refractivity contribution in [3.8, 4) is 0 Å². The van der Waals surface area contributed by atoms with E-state index in [-0.39, 0.29) is 77.2 Å². The van der Waals surface area contributed by atoms with Gasteiger partial charge in [0.25, 0.3) is 16.0 Å². The van der Waals surface area contributed by atoms with Crippen molar-refractivity contribution in [2.75, 3.05) is 31.2 Å². The molecule has 0 saturated heterocycles. The molecule has 11 atom stereocenters. The summed E-state index contributed by atoms with van der Waals surface area (Å²) in [6, 6.07) is 15.5. The first-order chi connectivity index (χ1) is 28.0. The number of carbonyl (C=O) groups excluding carboxylic acids is 2. The molecule has 0 radical (unpaired) electrons. The molecule has 3 aromatic rings. The highest BCUT2D eigenvalue weighted by Gasteiger charge is 2.65. The van der Waals surface area contributed by atoms with Gasteiger partial charge in [0.1, 0.15) is 0 Å². The number of nitrogens with one attached hydrogen (secondary N) is 1. The molecule has 4 aliphatic rings. The maximum Gasteiger partial charge on any atom is 0.266 e. The van der Waals surface area contributed by atoms with Crippen molar-refractivity contribution in [2.45, 2.75) is 110 Å². The zero-order chi connectivity index (χ0) is 42.3. The Kier molecular flexibility index (Phi) is 12.8. The van der Waals surface area contributed by atoms with Crippen molar-refractivity contribution >= 4 is 38.5 Å². The summed E-state index contributed by atoms with van der Waals surface area (Å²) in [5, 5.41) is 27.6. The normalized spacial score (nSPS) is 32.1. The van der Waals surface area contributed by atoms with E-state index in [2.05, 4.69) is 31.1 Å². The first-order valence-electron chi connectivity index (χ1n) is 21.7. The van der Waals surface area contributed by atoms with Gasteiger partial charge in [0.2, 0.25) is 5.91 Å². The number of nitrogen functional groups attached to an aromatic ring is 1. The fourth-order valence-corrected chi connectivity index (χ4v) is 12.6. The molecule has 13 heteroatoms. The van der Waals surface area contributed by atoms with Gasteiger partial charge in [0.15, 0.2) is 0 Å². The molecule has 0 aliphatic heterocycles. The average molecular weight is 833 g/mol. The first kappa shape index (κ1) is 43.5. The summed E-state index contributed by atoms with van der Waals surface area (Å²) in [4.78, 5) is 33.0. The molecule has 2 aromatic carbocycles. The van der Waals surface area contributed by atoms with E-state index in [1.807, 2.05) is 60.4 Å². The number of ether oxygens (including phenoxy) is 1. The molecule has 4 aliphatic carbocycles. The van der Waals surface area contributed by atoms with Crippen LogP contribution < -0.4 is 11.1 Å². The van der Waals surface area contributed by atoms with Crippen LogP contribution in [0.1, 0.15) is 100 Å². The number of nitrogens with zero attached hydrogens (tertiary/aromatic N) is 2. The standard InChI is InChI=1S/C46H64N4O8S/c1-28(9-14-42(53)48-17-20-59(55,56)57)36-12-13-37-43-38(25-41(52)46(36,37)4)45(3)16-15-35(23-33(45)24-40(43)51)58-19-18-50(27-31-10-11-34(47)21-29(31)2)44(54)32-22-30-7-5-6-8-39(30)49-26-32/h5-8,10-11,21-22,26,28,33,35-38,40-41,43,51-52H,9,12-20,23-25,27,47H2,1-4H3,(H,48,53)(H,55,56,57)/t28?,33?,35-,36+,37?,38?,40+,41-,43?,45-,46+/m0/s1. The zero-order valence-electron chi connectivity index (χ0n) is 35.1. The van der Waals surface area contributed by atoms with Gasteiger partial charge in [-0.2, -0.15) is 8.42 Å². The Morgan fingerprint density at radius 2 is 1.83 bits per heavy atom. The lowest BCUT2D eigenvalue weighted by atomic mass is 9.43. The summed E-state index contributed by atoms with van der Waals surface area (Å²) in [5.74, 6) is 0.219. The van der Waals surface area contributed by atoms with Crippen LogP contribution in [0.15, 0.2) is 54.7 Å². The summed E-state index contributed by atoms with van der Waals surface area (Å²) in [6.45, 7) is 9.83. The van der Waals surface area contributed by atoms with E-state index in [0.717, 1.165) is 54.1 Å². The lowest BCUT2D eigenvalue weighted by Gasteiger charge is -2.63. The number of amides is 2. The highest BCUT2D eigenvalue weighted by Crippen LogP contribution is 2.68. The second-order valence-electron chi connectivity index (χ2n) is 18.8. The smallest absolute Gasteiger partial charge is 0.266 e. The van der Waals surface area contributed by atoms with Crippen LogP contribution in [0.5, 0.6) is 0 Å². The molecule has 0 spiro atoms. The molecule has 59 heavy (non-hydrogen) atoms. The van der Waals surface area contributed by atoms with E-state index in [9.17, 15) is 28.2 Å². The number of aliphatic hydroxyl groups excluding tert-OH is 2. The van der Waals surface area contributed by atoms with Crippen LogP contribution in [0.25, 0.3) is 10.9 Å². The van der Waals surface area contributed by atoms with Gasteiger partial charge in [-0.05, 0) is 140 Å². The van der Waals surface area contributed by atoms with Crippen molar-refractivity contribution in [3.63, 3.8) is 0 Å². The summed E-state index contributed by atoms with van der Waals surface area (Å²) in [6.07, 6.45) is 7.44. The van der Waals surface area contributed by atoms with E-state index >= 15 is 0 Å². The Morgan fingerprint density at radius 3 is 2.59 bits per heavy atom. The Labute approximate surface area is 349 Å². The van der Waals surface area contributed by atoms with Crippen molar-refractivity contribution in [3.05, 3.63) is 71.4 Å². The second kappa shape index (κ2) is 17.4. The highest BCUT2D eigenvalue weighted by atomic mass is 32.2. The molecule has 1 aromatic heterocycles. The Balaban J connectivity index is 0.978. The number of carbonyl (C=O) groups is 2. The fraction of sp³-hybridized carbons (Fsp3) is 0.630. The molecular formula is C46H64N4O8S.